The highest BCUT2D eigenvalue weighted by Crippen LogP contribution is 2.66. The van der Waals surface area contributed by atoms with Gasteiger partial charge in [-0.2, -0.15) is 0 Å². The van der Waals surface area contributed by atoms with E-state index in [2.05, 4.69) is 213 Å². The maximum absolute atomic E-state index is 6.78. The van der Waals surface area contributed by atoms with E-state index in [1.54, 1.807) is 0 Å². The normalized spacial score (nSPS) is 16.0. The van der Waals surface area contributed by atoms with Gasteiger partial charge in [-0.1, -0.05) is 178 Å². The minimum Gasteiger partial charge on any atom is -0.454 e. The Bertz CT molecular complexity index is 3410. The fourth-order valence-corrected chi connectivity index (χ4v) is 11.3. The average molecular weight is 766 g/mol. The number of nitrogens with zero attached hydrogens (tertiary/aromatic N) is 1. The van der Waals surface area contributed by atoms with E-state index < -0.39 is 5.41 Å². The molecule has 1 atom stereocenters. The van der Waals surface area contributed by atoms with Crippen LogP contribution in [0, 0.1) is 0 Å². The van der Waals surface area contributed by atoms with Crippen LogP contribution in [0.4, 0.5) is 17.1 Å². The largest absolute Gasteiger partial charge is 0.454 e. The molecule has 0 saturated carbocycles. The molecule has 1 spiro atoms. The van der Waals surface area contributed by atoms with Crippen LogP contribution in [0.3, 0.4) is 0 Å². The lowest BCUT2D eigenvalue weighted by Gasteiger charge is -2.32. The molecule has 0 N–H and O–H groups in total. The molecule has 3 aliphatic carbocycles. The molecule has 0 saturated heterocycles. The molecule has 0 amide bonds. The number of para-hydroxylation sites is 2. The number of benzene rings is 9. The zero-order valence-corrected chi connectivity index (χ0v) is 33.4. The molecule has 282 valence electrons. The van der Waals surface area contributed by atoms with E-state index in [1.165, 1.54) is 77.9 Å². The third-order valence-electron chi connectivity index (χ3n) is 13.9. The van der Waals surface area contributed by atoms with Gasteiger partial charge in [0.1, 0.15) is 5.58 Å². The topological polar surface area (TPSA) is 16.4 Å². The molecule has 0 bridgehead atoms. The van der Waals surface area contributed by atoms with Crippen molar-refractivity contribution in [2.24, 2.45) is 0 Å². The maximum atomic E-state index is 6.78. The highest BCUT2D eigenvalue weighted by molar-refractivity contribution is 6.10. The highest BCUT2D eigenvalue weighted by Gasteiger charge is 2.54. The molecular formula is C58H39NO. The fourth-order valence-electron chi connectivity index (χ4n) is 11.3. The van der Waals surface area contributed by atoms with E-state index in [0.717, 1.165) is 39.0 Å². The van der Waals surface area contributed by atoms with Gasteiger partial charge in [0.2, 0.25) is 0 Å². The Balaban J connectivity index is 1.09. The molecule has 3 aliphatic rings. The van der Waals surface area contributed by atoms with Crippen LogP contribution in [0.25, 0.3) is 66.4 Å². The van der Waals surface area contributed by atoms with Crippen LogP contribution in [0.5, 0.6) is 0 Å². The van der Waals surface area contributed by atoms with Crippen LogP contribution in [0.15, 0.2) is 205 Å². The summed E-state index contributed by atoms with van der Waals surface area (Å²) in [6.07, 6.45) is 0. The Labute approximate surface area is 349 Å². The van der Waals surface area contributed by atoms with Gasteiger partial charge in [0, 0.05) is 27.6 Å². The van der Waals surface area contributed by atoms with Crippen molar-refractivity contribution in [2.75, 3.05) is 4.90 Å². The molecule has 0 fully saturated rings. The summed E-state index contributed by atoms with van der Waals surface area (Å²) in [4.78, 5) is 2.40. The Morgan fingerprint density at radius 3 is 1.75 bits per heavy atom. The van der Waals surface area contributed by atoms with Gasteiger partial charge in [-0.05, 0) is 114 Å². The van der Waals surface area contributed by atoms with Crippen molar-refractivity contribution >= 4 is 39.0 Å². The minimum atomic E-state index is -0.515. The standard InChI is InChI=1S/C58H39NO/c1-57(2)46-22-10-7-19-44(46)54-49(57)33-34-50-55(54)45-20-8-12-24-48(45)58(50)47-23-11-6-17-40(47)41-32-31-39(35-51(41)58)59(38-29-27-37(28-30-38)36-15-4-3-5-16-36)52-25-14-21-43-42-18-9-13-26-53(42)60-56(43)52/h3-35H,1-2H3. The quantitative estimate of drug-likeness (QED) is 0.177. The second kappa shape index (κ2) is 12.1. The molecule has 60 heavy (non-hydrogen) atoms. The SMILES string of the molecule is CC1(C)c2ccccc2-c2c1ccc1c2-c2ccccc2C12c1ccccc1-c1ccc(N(c3ccc(-c4ccccc4)cc3)c3cccc4c3oc3ccccc34)cc12. The molecule has 0 aliphatic heterocycles. The molecule has 10 aromatic rings. The molecule has 9 aromatic carbocycles. The summed E-state index contributed by atoms with van der Waals surface area (Å²) >= 11 is 0. The second-order valence-corrected chi connectivity index (χ2v) is 17.2. The lowest BCUT2D eigenvalue weighted by molar-refractivity contribution is 0.660. The summed E-state index contributed by atoms with van der Waals surface area (Å²) in [6.45, 7) is 4.77. The van der Waals surface area contributed by atoms with E-state index in [-0.39, 0.29) is 5.41 Å². The van der Waals surface area contributed by atoms with Crippen molar-refractivity contribution in [3.63, 3.8) is 0 Å². The third-order valence-corrected chi connectivity index (χ3v) is 13.9. The Morgan fingerprint density at radius 2 is 0.950 bits per heavy atom. The van der Waals surface area contributed by atoms with Crippen molar-refractivity contribution in [3.8, 4) is 44.5 Å². The zero-order valence-electron chi connectivity index (χ0n) is 33.4. The van der Waals surface area contributed by atoms with Crippen LogP contribution in [0.2, 0.25) is 0 Å². The highest BCUT2D eigenvalue weighted by atomic mass is 16.3. The predicted molar refractivity (Wildman–Crippen MR) is 248 cm³/mol. The van der Waals surface area contributed by atoms with Crippen molar-refractivity contribution < 1.29 is 4.42 Å². The Hall–Kier alpha value is -7.42. The van der Waals surface area contributed by atoms with Crippen molar-refractivity contribution in [2.45, 2.75) is 24.7 Å². The van der Waals surface area contributed by atoms with Gasteiger partial charge in [0.15, 0.2) is 5.58 Å². The van der Waals surface area contributed by atoms with Crippen molar-refractivity contribution in [1.29, 1.82) is 0 Å². The Morgan fingerprint density at radius 1 is 0.383 bits per heavy atom. The monoisotopic (exact) mass is 765 g/mol. The van der Waals surface area contributed by atoms with E-state index in [0.29, 0.717) is 0 Å². The van der Waals surface area contributed by atoms with Gasteiger partial charge in [0.05, 0.1) is 11.1 Å². The number of fused-ring (bicyclic) bond motifs is 17. The summed E-state index contributed by atoms with van der Waals surface area (Å²) in [5, 5.41) is 2.23. The van der Waals surface area contributed by atoms with Crippen molar-refractivity contribution in [1.82, 2.24) is 0 Å². The van der Waals surface area contributed by atoms with E-state index in [1.807, 2.05) is 6.07 Å². The van der Waals surface area contributed by atoms with Gasteiger partial charge in [-0.25, -0.2) is 0 Å². The third kappa shape index (κ3) is 4.27. The summed E-state index contributed by atoms with van der Waals surface area (Å²) in [6, 6.07) is 74.0. The first-order valence-corrected chi connectivity index (χ1v) is 21.0. The van der Waals surface area contributed by atoms with Gasteiger partial charge in [-0.3, -0.25) is 0 Å². The summed E-state index contributed by atoms with van der Waals surface area (Å²) in [5.41, 5.74) is 22.8. The molecule has 2 nitrogen and oxygen atoms in total. The van der Waals surface area contributed by atoms with E-state index in [4.69, 9.17) is 4.42 Å². The van der Waals surface area contributed by atoms with E-state index >= 15 is 0 Å². The lowest BCUT2D eigenvalue weighted by Crippen LogP contribution is -2.26. The summed E-state index contributed by atoms with van der Waals surface area (Å²) in [5.74, 6) is 0. The molecule has 1 aromatic heterocycles. The summed E-state index contributed by atoms with van der Waals surface area (Å²) < 4.78 is 6.78. The van der Waals surface area contributed by atoms with Crippen LogP contribution < -0.4 is 4.90 Å². The average Bonchev–Trinajstić information content (AvgIpc) is 3.99. The van der Waals surface area contributed by atoms with Crippen LogP contribution in [-0.2, 0) is 10.8 Å². The Kier molecular flexibility index (Phi) is 6.74. The summed E-state index contributed by atoms with van der Waals surface area (Å²) in [7, 11) is 0. The smallest absolute Gasteiger partial charge is 0.159 e. The van der Waals surface area contributed by atoms with Crippen LogP contribution >= 0.6 is 0 Å². The number of furan rings is 1. The number of rotatable bonds is 4. The first kappa shape index (κ1) is 33.5. The van der Waals surface area contributed by atoms with Gasteiger partial charge < -0.3 is 9.32 Å². The number of anilines is 3. The van der Waals surface area contributed by atoms with Gasteiger partial charge in [-0.15, -0.1) is 0 Å². The van der Waals surface area contributed by atoms with Crippen molar-refractivity contribution in [3.05, 3.63) is 234 Å². The minimum absolute atomic E-state index is 0.0987. The molecule has 1 unspecified atom stereocenters. The second-order valence-electron chi connectivity index (χ2n) is 17.2. The first-order chi connectivity index (χ1) is 29.5. The molecule has 1 heterocycles. The van der Waals surface area contributed by atoms with Crippen LogP contribution in [0.1, 0.15) is 47.2 Å². The van der Waals surface area contributed by atoms with Gasteiger partial charge >= 0.3 is 0 Å². The van der Waals surface area contributed by atoms with E-state index in [9.17, 15) is 0 Å². The fraction of sp³-hybridized carbons (Fsp3) is 0.0690. The number of hydrogen-bond acceptors (Lipinski definition) is 2. The maximum Gasteiger partial charge on any atom is 0.159 e. The van der Waals surface area contributed by atoms with Crippen LogP contribution in [-0.4, -0.2) is 0 Å². The number of hydrogen-bond donors (Lipinski definition) is 0. The molecule has 13 rings (SSSR count). The molecule has 2 heteroatoms. The first-order valence-electron chi connectivity index (χ1n) is 21.0. The molecule has 0 radical (unpaired) electrons. The van der Waals surface area contributed by atoms with Gasteiger partial charge in [0.25, 0.3) is 0 Å². The molecular weight excluding hydrogens is 727 g/mol. The predicted octanol–water partition coefficient (Wildman–Crippen LogP) is 15.4. The zero-order chi connectivity index (χ0) is 39.7. The lowest BCUT2D eigenvalue weighted by atomic mass is 9.70.